The van der Waals surface area contributed by atoms with Crippen LogP contribution in [0.2, 0.25) is 10.3 Å². The van der Waals surface area contributed by atoms with Crippen molar-refractivity contribution in [1.29, 1.82) is 0 Å². The molecule has 19 heavy (non-hydrogen) atoms. The summed E-state index contributed by atoms with van der Waals surface area (Å²) in [6.07, 6.45) is 1.37. The van der Waals surface area contributed by atoms with Crippen LogP contribution in [0.4, 0.5) is 0 Å². The van der Waals surface area contributed by atoms with Crippen molar-refractivity contribution in [3.05, 3.63) is 37.6 Å². The second-order valence-electron chi connectivity index (χ2n) is 3.31. The maximum Gasteiger partial charge on any atom is 0.242 e. The van der Waals surface area contributed by atoms with Gasteiger partial charge >= 0.3 is 0 Å². The summed E-state index contributed by atoms with van der Waals surface area (Å²) < 4.78 is 12.2. The van der Waals surface area contributed by atoms with E-state index in [-0.39, 0.29) is 16.2 Å². The summed E-state index contributed by atoms with van der Waals surface area (Å²) in [6, 6.07) is 3.49. The van der Waals surface area contributed by atoms with Crippen molar-refractivity contribution in [2.45, 2.75) is 0 Å². The zero-order chi connectivity index (χ0) is 14.0. The van der Waals surface area contributed by atoms with Gasteiger partial charge in [0.2, 0.25) is 11.2 Å². The van der Waals surface area contributed by atoms with E-state index in [1.807, 2.05) is 0 Å². The smallest absolute Gasteiger partial charge is 0.242 e. The van der Waals surface area contributed by atoms with E-state index in [9.17, 15) is 0 Å². The third-order valence-corrected chi connectivity index (χ3v) is 3.78. The molecule has 2 rings (SSSR count). The van der Waals surface area contributed by atoms with Crippen molar-refractivity contribution in [1.82, 2.24) is 9.97 Å². The Morgan fingerprint density at radius 2 is 1.74 bits per heavy atom. The van der Waals surface area contributed by atoms with Crippen molar-refractivity contribution in [2.75, 3.05) is 7.11 Å². The van der Waals surface area contributed by atoms with Crippen molar-refractivity contribution in [3.8, 4) is 17.4 Å². The van der Waals surface area contributed by atoms with Crippen LogP contribution in [-0.4, -0.2) is 17.1 Å². The molecule has 0 N–H and O–H groups in total. The lowest BCUT2D eigenvalue weighted by atomic mass is 10.3. The Labute approximate surface area is 136 Å². The van der Waals surface area contributed by atoms with Crippen LogP contribution in [-0.2, 0) is 0 Å². The Morgan fingerprint density at radius 3 is 2.42 bits per heavy atom. The molecule has 0 bridgehead atoms. The monoisotopic (exact) mass is 426 g/mol. The molecule has 1 aromatic heterocycles. The molecule has 0 radical (unpaired) electrons. The Hall–Kier alpha value is -0.560. The van der Waals surface area contributed by atoms with Gasteiger partial charge in [-0.25, -0.2) is 4.98 Å². The molecule has 4 nitrogen and oxygen atoms in total. The highest BCUT2D eigenvalue weighted by Crippen LogP contribution is 2.39. The van der Waals surface area contributed by atoms with Gasteiger partial charge in [-0.1, -0.05) is 11.6 Å². The largest absolute Gasteiger partial charge is 0.496 e. The molecule has 0 unspecified atom stereocenters. The van der Waals surface area contributed by atoms with Gasteiger partial charge in [-0.2, -0.15) is 4.98 Å². The summed E-state index contributed by atoms with van der Waals surface area (Å²) in [6.45, 7) is 0. The first-order valence-electron chi connectivity index (χ1n) is 4.90. The van der Waals surface area contributed by atoms with Crippen molar-refractivity contribution >= 4 is 55.1 Å². The van der Waals surface area contributed by atoms with Crippen LogP contribution in [0.3, 0.4) is 0 Å². The zero-order valence-corrected chi connectivity index (χ0v) is 14.1. The first-order chi connectivity index (χ1) is 9.01. The predicted molar refractivity (Wildman–Crippen MR) is 80.5 cm³/mol. The summed E-state index contributed by atoms with van der Waals surface area (Å²) in [4.78, 5) is 7.66. The fourth-order valence-corrected chi connectivity index (χ4v) is 2.39. The molecule has 0 aliphatic carbocycles. The van der Waals surface area contributed by atoms with E-state index in [0.717, 1.165) is 4.47 Å². The Balaban J connectivity index is 2.38. The highest BCUT2D eigenvalue weighted by Gasteiger charge is 2.12. The minimum Gasteiger partial charge on any atom is -0.496 e. The quantitative estimate of drug-likeness (QED) is 0.637. The molecule has 8 heteroatoms. The molecule has 0 fully saturated rings. The minimum atomic E-state index is 0.0584. The summed E-state index contributed by atoms with van der Waals surface area (Å²) >= 11 is 18.4. The third kappa shape index (κ3) is 3.51. The fourth-order valence-electron chi connectivity index (χ4n) is 1.25. The Morgan fingerprint density at radius 1 is 1.11 bits per heavy atom. The number of aromatic nitrogens is 2. The van der Waals surface area contributed by atoms with E-state index in [2.05, 4.69) is 41.8 Å². The van der Waals surface area contributed by atoms with E-state index in [1.165, 1.54) is 6.20 Å². The summed E-state index contributed by atoms with van der Waals surface area (Å²) in [5.74, 6) is 1.37. The van der Waals surface area contributed by atoms with Crippen LogP contribution in [0.1, 0.15) is 0 Å². The molecule has 100 valence electrons. The van der Waals surface area contributed by atoms with Gasteiger partial charge in [0.25, 0.3) is 0 Å². The van der Waals surface area contributed by atoms with Crippen LogP contribution in [0.5, 0.6) is 17.4 Å². The number of hydrogen-bond acceptors (Lipinski definition) is 4. The maximum atomic E-state index is 5.94. The normalized spacial score (nSPS) is 10.4. The molecular formula is C11H6Br2Cl2N2O2. The Kier molecular flexibility index (Phi) is 4.89. The van der Waals surface area contributed by atoms with Gasteiger partial charge in [0.15, 0.2) is 0 Å². The van der Waals surface area contributed by atoms with Gasteiger partial charge in [0.05, 0.1) is 22.3 Å². The van der Waals surface area contributed by atoms with Crippen LogP contribution in [0.15, 0.2) is 27.3 Å². The van der Waals surface area contributed by atoms with Crippen molar-refractivity contribution < 1.29 is 9.47 Å². The van der Waals surface area contributed by atoms with E-state index in [0.29, 0.717) is 16.0 Å². The summed E-state index contributed by atoms with van der Waals surface area (Å²) in [5, 5.41) is 0.325. The summed E-state index contributed by atoms with van der Waals surface area (Å²) in [7, 11) is 1.58. The van der Waals surface area contributed by atoms with E-state index < -0.39 is 0 Å². The molecule has 0 saturated carbocycles. The average molecular weight is 429 g/mol. The third-order valence-electron chi connectivity index (χ3n) is 2.10. The zero-order valence-electron chi connectivity index (χ0n) is 9.45. The van der Waals surface area contributed by atoms with Gasteiger partial charge in [0, 0.05) is 0 Å². The number of hydrogen-bond donors (Lipinski definition) is 0. The molecule has 1 heterocycles. The number of nitrogens with zero attached hydrogens (tertiary/aromatic N) is 2. The lowest BCUT2D eigenvalue weighted by Gasteiger charge is -2.11. The fraction of sp³-hybridized carbons (Fsp3) is 0.0909. The van der Waals surface area contributed by atoms with Crippen LogP contribution >= 0.6 is 55.1 Å². The van der Waals surface area contributed by atoms with E-state index in [4.69, 9.17) is 32.7 Å². The van der Waals surface area contributed by atoms with Crippen LogP contribution in [0, 0.1) is 0 Å². The lowest BCUT2D eigenvalue weighted by Crippen LogP contribution is -1.93. The molecule has 2 aromatic rings. The topological polar surface area (TPSA) is 44.2 Å². The van der Waals surface area contributed by atoms with Crippen LogP contribution < -0.4 is 9.47 Å². The highest BCUT2D eigenvalue weighted by molar-refractivity contribution is 9.11. The minimum absolute atomic E-state index is 0.0584. The van der Waals surface area contributed by atoms with Gasteiger partial charge in [-0.15, -0.1) is 0 Å². The van der Waals surface area contributed by atoms with Gasteiger partial charge < -0.3 is 9.47 Å². The average Bonchev–Trinajstić information content (AvgIpc) is 2.37. The molecule has 0 spiro atoms. The van der Waals surface area contributed by atoms with Gasteiger partial charge in [-0.3, -0.25) is 0 Å². The lowest BCUT2D eigenvalue weighted by molar-refractivity contribution is 0.408. The molecule has 1 aromatic carbocycles. The van der Waals surface area contributed by atoms with Crippen molar-refractivity contribution in [3.63, 3.8) is 0 Å². The molecule has 0 aliphatic heterocycles. The number of benzene rings is 1. The Bertz CT molecular complexity index is 626. The van der Waals surface area contributed by atoms with E-state index in [1.54, 1.807) is 19.2 Å². The predicted octanol–water partition coefficient (Wildman–Crippen LogP) is 5.11. The van der Waals surface area contributed by atoms with Gasteiger partial charge in [-0.05, 0) is 55.6 Å². The molecule has 0 saturated heterocycles. The standard InChI is InChI=1S/C11H6Br2Cl2N2O2/c1-18-8-2-6(13)9(3-5(8)12)19-10-7(14)4-16-11(15)17-10/h2-4H,1H3. The molecule has 0 aliphatic rings. The number of methoxy groups -OCH3 is 1. The number of halogens is 4. The second kappa shape index (κ2) is 6.26. The highest BCUT2D eigenvalue weighted by atomic mass is 79.9. The van der Waals surface area contributed by atoms with Gasteiger partial charge in [0.1, 0.15) is 16.5 Å². The first kappa shape index (κ1) is 14.8. The molecular weight excluding hydrogens is 423 g/mol. The van der Waals surface area contributed by atoms with E-state index >= 15 is 0 Å². The SMILES string of the molecule is COc1cc(Br)c(Oc2nc(Cl)ncc2Cl)cc1Br. The number of ether oxygens (including phenoxy) is 2. The number of rotatable bonds is 3. The summed E-state index contributed by atoms with van der Waals surface area (Å²) in [5.41, 5.74) is 0. The maximum absolute atomic E-state index is 5.94. The second-order valence-corrected chi connectivity index (χ2v) is 5.77. The molecule has 0 atom stereocenters. The van der Waals surface area contributed by atoms with Crippen LogP contribution in [0.25, 0.3) is 0 Å². The van der Waals surface area contributed by atoms with Crippen molar-refractivity contribution in [2.24, 2.45) is 0 Å². The first-order valence-corrected chi connectivity index (χ1v) is 7.24. The molecule has 0 amide bonds.